The van der Waals surface area contributed by atoms with Crippen molar-refractivity contribution in [2.45, 2.75) is 19.5 Å². The van der Waals surface area contributed by atoms with E-state index in [2.05, 4.69) is 10.3 Å². The lowest BCUT2D eigenvalue weighted by Crippen LogP contribution is -2.36. The van der Waals surface area contributed by atoms with E-state index in [0.717, 1.165) is 11.3 Å². The molecule has 0 fully saturated rings. The van der Waals surface area contributed by atoms with Crippen molar-refractivity contribution in [3.8, 4) is 11.3 Å². The standard InChI is InChI=1S/C18H20N4O/c1-14(12-22-11-10-19-13-22)20-18(23)17-9-8-16(21(17)2)15-6-4-3-5-7-15/h3-11,13-14H,12H2,1-2H3,(H,20,23). The van der Waals surface area contributed by atoms with Crippen LogP contribution in [0.5, 0.6) is 0 Å². The van der Waals surface area contributed by atoms with E-state index >= 15 is 0 Å². The number of carbonyl (C=O) groups is 1. The molecule has 3 aromatic rings. The van der Waals surface area contributed by atoms with E-state index in [0.29, 0.717) is 12.2 Å². The topological polar surface area (TPSA) is 51.9 Å². The van der Waals surface area contributed by atoms with Crippen molar-refractivity contribution in [1.29, 1.82) is 0 Å². The lowest BCUT2D eigenvalue weighted by atomic mass is 10.2. The molecule has 23 heavy (non-hydrogen) atoms. The first-order valence-corrected chi connectivity index (χ1v) is 7.63. The van der Waals surface area contributed by atoms with Crippen molar-refractivity contribution in [2.24, 2.45) is 7.05 Å². The van der Waals surface area contributed by atoms with Crippen LogP contribution in [0.3, 0.4) is 0 Å². The summed E-state index contributed by atoms with van der Waals surface area (Å²) in [5.41, 5.74) is 2.78. The van der Waals surface area contributed by atoms with Crippen LogP contribution in [0.2, 0.25) is 0 Å². The van der Waals surface area contributed by atoms with Crippen LogP contribution in [0, 0.1) is 0 Å². The molecule has 5 heteroatoms. The first kappa shape index (κ1) is 15.1. The summed E-state index contributed by atoms with van der Waals surface area (Å²) >= 11 is 0. The molecule has 118 valence electrons. The van der Waals surface area contributed by atoms with Crippen molar-refractivity contribution < 1.29 is 4.79 Å². The van der Waals surface area contributed by atoms with Gasteiger partial charge in [0.25, 0.3) is 5.91 Å². The molecule has 0 aliphatic heterocycles. The van der Waals surface area contributed by atoms with Crippen molar-refractivity contribution >= 4 is 5.91 Å². The number of rotatable bonds is 5. The predicted molar refractivity (Wildman–Crippen MR) is 90.0 cm³/mol. The van der Waals surface area contributed by atoms with E-state index in [9.17, 15) is 4.79 Å². The Bertz CT molecular complexity index is 775. The number of hydrogen-bond acceptors (Lipinski definition) is 2. The van der Waals surface area contributed by atoms with Gasteiger partial charge in [-0.25, -0.2) is 4.98 Å². The minimum atomic E-state index is -0.0673. The number of hydrogen-bond donors (Lipinski definition) is 1. The molecule has 1 amide bonds. The zero-order chi connectivity index (χ0) is 16.2. The van der Waals surface area contributed by atoms with E-state index in [-0.39, 0.29) is 11.9 Å². The van der Waals surface area contributed by atoms with Crippen molar-refractivity contribution in [2.75, 3.05) is 0 Å². The zero-order valence-electron chi connectivity index (χ0n) is 13.3. The van der Waals surface area contributed by atoms with Gasteiger partial charge in [-0.3, -0.25) is 4.79 Å². The van der Waals surface area contributed by atoms with Gasteiger partial charge in [0.2, 0.25) is 0 Å². The summed E-state index contributed by atoms with van der Waals surface area (Å²) in [5, 5.41) is 3.03. The summed E-state index contributed by atoms with van der Waals surface area (Å²) in [5.74, 6) is -0.0673. The number of nitrogens with one attached hydrogen (secondary N) is 1. The minimum absolute atomic E-state index is 0.0202. The van der Waals surface area contributed by atoms with Gasteiger partial charge in [-0.05, 0) is 24.6 Å². The number of imidazole rings is 1. The maximum atomic E-state index is 12.5. The third-order valence-corrected chi connectivity index (χ3v) is 3.85. The Kier molecular flexibility index (Phi) is 4.28. The molecule has 1 unspecified atom stereocenters. The lowest BCUT2D eigenvalue weighted by molar-refractivity contribution is 0.0928. The van der Waals surface area contributed by atoms with Gasteiger partial charge < -0.3 is 14.5 Å². The minimum Gasteiger partial charge on any atom is -0.347 e. The Morgan fingerprint density at radius 3 is 2.70 bits per heavy atom. The van der Waals surface area contributed by atoms with E-state index in [1.807, 2.05) is 71.8 Å². The number of aromatic nitrogens is 3. The molecule has 0 aliphatic rings. The Labute approximate surface area is 135 Å². The summed E-state index contributed by atoms with van der Waals surface area (Å²) in [4.78, 5) is 16.5. The average Bonchev–Trinajstić information content (AvgIpc) is 3.17. The first-order valence-electron chi connectivity index (χ1n) is 7.63. The fraction of sp³-hybridized carbons (Fsp3) is 0.222. The Hall–Kier alpha value is -2.82. The van der Waals surface area contributed by atoms with Crippen molar-refractivity contribution in [3.05, 3.63) is 66.9 Å². The van der Waals surface area contributed by atoms with Gasteiger partial charge in [-0.1, -0.05) is 30.3 Å². The molecule has 0 radical (unpaired) electrons. The van der Waals surface area contributed by atoms with Gasteiger partial charge >= 0.3 is 0 Å². The van der Waals surface area contributed by atoms with E-state index in [1.165, 1.54) is 0 Å². The Balaban J connectivity index is 1.72. The number of amides is 1. The lowest BCUT2D eigenvalue weighted by Gasteiger charge is -2.15. The second-order valence-electron chi connectivity index (χ2n) is 5.66. The van der Waals surface area contributed by atoms with Crippen LogP contribution in [-0.4, -0.2) is 26.1 Å². The molecule has 0 spiro atoms. The predicted octanol–water partition coefficient (Wildman–Crippen LogP) is 2.71. The Morgan fingerprint density at radius 2 is 2.00 bits per heavy atom. The maximum Gasteiger partial charge on any atom is 0.268 e. The highest BCUT2D eigenvalue weighted by atomic mass is 16.2. The molecule has 0 saturated carbocycles. The zero-order valence-corrected chi connectivity index (χ0v) is 13.3. The van der Waals surface area contributed by atoms with Gasteiger partial charge in [0, 0.05) is 37.7 Å². The van der Waals surface area contributed by atoms with E-state index in [1.54, 1.807) is 12.5 Å². The van der Waals surface area contributed by atoms with E-state index in [4.69, 9.17) is 0 Å². The van der Waals surface area contributed by atoms with E-state index < -0.39 is 0 Å². The summed E-state index contributed by atoms with van der Waals surface area (Å²) in [6, 6.07) is 13.9. The largest absolute Gasteiger partial charge is 0.347 e. The molecule has 3 rings (SSSR count). The molecular weight excluding hydrogens is 288 g/mol. The van der Waals surface area contributed by atoms with Crippen LogP contribution in [-0.2, 0) is 13.6 Å². The highest BCUT2D eigenvalue weighted by molar-refractivity contribution is 5.94. The van der Waals surface area contributed by atoms with Crippen LogP contribution in [0.1, 0.15) is 17.4 Å². The monoisotopic (exact) mass is 308 g/mol. The fourth-order valence-electron chi connectivity index (χ4n) is 2.69. The quantitative estimate of drug-likeness (QED) is 0.788. The highest BCUT2D eigenvalue weighted by Gasteiger charge is 2.15. The molecule has 0 bridgehead atoms. The van der Waals surface area contributed by atoms with Crippen LogP contribution >= 0.6 is 0 Å². The smallest absolute Gasteiger partial charge is 0.268 e. The summed E-state index contributed by atoms with van der Waals surface area (Å²) < 4.78 is 3.87. The summed E-state index contributed by atoms with van der Waals surface area (Å²) in [7, 11) is 1.91. The van der Waals surface area contributed by atoms with Gasteiger partial charge in [0.15, 0.2) is 0 Å². The SMILES string of the molecule is CC(Cn1ccnc1)NC(=O)c1ccc(-c2ccccc2)n1C. The molecule has 1 atom stereocenters. The van der Waals surface area contributed by atoms with Gasteiger partial charge in [0.1, 0.15) is 5.69 Å². The second-order valence-corrected chi connectivity index (χ2v) is 5.66. The number of nitrogens with zero attached hydrogens (tertiary/aromatic N) is 3. The third kappa shape index (κ3) is 3.34. The number of benzene rings is 1. The van der Waals surface area contributed by atoms with Gasteiger partial charge in [-0.15, -0.1) is 0 Å². The molecule has 2 aromatic heterocycles. The Morgan fingerprint density at radius 1 is 1.22 bits per heavy atom. The highest BCUT2D eigenvalue weighted by Crippen LogP contribution is 2.21. The average molecular weight is 308 g/mol. The molecule has 5 nitrogen and oxygen atoms in total. The van der Waals surface area contributed by atoms with Gasteiger partial charge in [-0.2, -0.15) is 0 Å². The van der Waals surface area contributed by atoms with Crippen molar-refractivity contribution in [3.63, 3.8) is 0 Å². The number of carbonyl (C=O) groups excluding carboxylic acids is 1. The van der Waals surface area contributed by atoms with Crippen LogP contribution in [0.4, 0.5) is 0 Å². The van der Waals surface area contributed by atoms with Crippen LogP contribution < -0.4 is 5.32 Å². The molecule has 1 N–H and O–H groups in total. The molecule has 0 saturated heterocycles. The maximum absolute atomic E-state index is 12.5. The fourth-order valence-corrected chi connectivity index (χ4v) is 2.69. The molecule has 1 aromatic carbocycles. The second kappa shape index (κ2) is 6.52. The summed E-state index contributed by atoms with van der Waals surface area (Å²) in [6.45, 7) is 2.68. The molecular formula is C18H20N4O. The van der Waals surface area contributed by atoms with Crippen molar-refractivity contribution in [1.82, 2.24) is 19.4 Å². The molecule has 0 aliphatic carbocycles. The molecule has 2 heterocycles. The summed E-state index contributed by atoms with van der Waals surface area (Å²) in [6.07, 6.45) is 5.37. The normalized spacial score (nSPS) is 12.1. The van der Waals surface area contributed by atoms with Crippen LogP contribution in [0.15, 0.2) is 61.2 Å². The third-order valence-electron chi connectivity index (χ3n) is 3.85. The van der Waals surface area contributed by atoms with Crippen LogP contribution in [0.25, 0.3) is 11.3 Å². The first-order chi connectivity index (χ1) is 11.1. The van der Waals surface area contributed by atoms with Gasteiger partial charge in [0.05, 0.1) is 6.33 Å².